The van der Waals surface area contributed by atoms with Gasteiger partial charge >= 0.3 is 0 Å². The van der Waals surface area contributed by atoms with Gasteiger partial charge < -0.3 is 15.1 Å². The number of carbonyl (C=O) groups is 3. The number of nitrogens with zero attached hydrogens (tertiary/aromatic N) is 3. The summed E-state index contributed by atoms with van der Waals surface area (Å²) in [4.78, 5) is 43.7. The number of nitrogens with one attached hydrogen (secondary N) is 1. The SMILES string of the molecule is CC(=O)N1CCN(C(C(=O)Nc2cccc(N3CCCC3=O)c2)c2cccs2)CC1. The summed E-state index contributed by atoms with van der Waals surface area (Å²) in [6.45, 7) is 4.84. The molecule has 1 N–H and O–H groups in total. The van der Waals surface area contributed by atoms with Gasteiger partial charge in [0.15, 0.2) is 0 Å². The van der Waals surface area contributed by atoms with E-state index in [-0.39, 0.29) is 17.7 Å². The third-order valence-corrected chi connectivity index (χ3v) is 6.61. The summed E-state index contributed by atoms with van der Waals surface area (Å²) in [5, 5.41) is 5.02. The molecule has 0 aliphatic carbocycles. The van der Waals surface area contributed by atoms with E-state index in [1.807, 2.05) is 46.7 Å². The molecule has 0 spiro atoms. The van der Waals surface area contributed by atoms with Crippen LogP contribution < -0.4 is 10.2 Å². The van der Waals surface area contributed by atoms with Gasteiger partial charge in [-0.05, 0) is 36.1 Å². The summed E-state index contributed by atoms with van der Waals surface area (Å²) in [7, 11) is 0. The Morgan fingerprint density at radius 1 is 1.07 bits per heavy atom. The Labute approximate surface area is 180 Å². The van der Waals surface area contributed by atoms with Gasteiger partial charge in [0.2, 0.25) is 17.7 Å². The molecule has 158 valence electrons. The monoisotopic (exact) mass is 426 g/mol. The van der Waals surface area contributed by atoms with E-state index < -0.39 is 6.04 Å². The second kappa shape index (κ2) is 8.97. The molecule has 2 saturated heterocycles. The lowest BCUT2D eigenvalue weighted by atomic mass is 10.1. The van der Waals surface area contributed by atoms with Crippen molar-refractivity contribution in [2.24, 2.45) is 0 Å². The highest BCUT2D eigenvalue weighted by atomic mass is 32.1. The fourth-order valence-electron chi connectivity index (χ4n) is 4.10. The van der Waals surface area contributed by atoms with E-state index in [4.69, 9.17) is 0 Å². The average molecular weight is 427 g/mol. The first kappa shape index (κ1) is 20.6. The number of benzene rings is 1. The number of amides is 3. The summed E-state index contributed by atoms with van der Waals surface area (Å²) in [6, 6.07) is 11.0. The molecule has 2 fully saturated rings. The Morgan fingerprint density at radius 2 is 1.87 bits per heavy atom. The zero-order chi connectivity index (χ0) is 21.1. The summed E-state index contributed by atoms with van der Waals surface area (Å²) < 4.78 is 0. The van der Waals surface area contributed by atoms with Gasteiger partial charge in [-0.2, -0.15) is 0 Å². The maximum Gasteiger partial charge on any atom is 0.247 e. The predicted molar refractivity (Wildman–Crippen MR) is 118 cm³/mol. The maximum absolute atomic E-state index is 13.3. The van der Waals surface area contributed by atoms with Crippen LogP contribution in [0, 0.1) is 0 Å². The molecule has 2 aromatic rings. The summed E-state index contributed by atoms with van der Waals surface area (Å²) in [6.07, 6.45) is 1.44. The van der Waals surface area contributed by atoms with E-state index in [9.17, 15) is 14.4 Å². The largest absolute Gasteiger partial charge is 0.340 e. The highest BCUT2D eigenvalue weighted by Crippen LogP contribution is 2.29. The van der Waals surface area contributed by atoms with Crippen LogP contribution in [0.4, 0.5) is 11.4 Å². The van der Waals surface area contributed by atoms with Crippen molar-refractivity contribution in [2.45, 2.75) is 25.8 Å². The fraction of sp³-hybridized carbons (Fsp3) is 0.409. The Hall–Kier alpha value is -2.71. The van der Waals surface area contributed by atoms with Crippen LogP contribution in [0.2, 0.25) is 0 Å². The molecule has 0 bridgehead atoms. The number of rotatable bonds is 5. The normalized spacial score (nSPS) is 18.5. The lowest BCUT2D eigenvalue weighted by Gasteiger charge is -2.38. The van der Waals surface area contributed by atoms with Crippen LogP contribution in [0.1, 0.15) is 30.7 Å². The van der Waals surface area contributed by atoms with E-state index in [1.54, 1.807) is 23.2 Å². The third kappa shape index (κ3) is 4.39. The second-order valence-electron chi connectivity index (χ2n) is 7.65. The minimum Gasteiger partial charge on any atom is -0.340 e. The molecule has 2 aliphatic rings. The van der Waals surface area contributed by atoms with Gasteiger partial charge in [0.05, 0.1) is 0 Å². The third-order valence-electron chi connectivity index (χ3n) is 5.68. The first-order chi connectivity index (χ1) is 14.5. The van der Waals surface area contributed by atoms with Crippen molar-refractivity contribution in [3.05, 3.63) is 46.7 Å². The summed E-state index contributed by atoms with van der Waals surface area (Å²) >= 11 is 1.56. The zero-order valence-corrected chi connectivity index (χ0v) is 17.9. The Kier molecular flexibility index (Phi) is 6.15. The first-order valence-corrected chi connectivity index (χ1v) is 11.1. The molecule has 7 nitrogen and oxygen atoms in total. The standard InChI is InChI=1S/C22H26N4O3S/c1-16(27)24-10-12-25(13-11-24)21(19-7-4-14-30-19)22(29)23-17-5-2-6-18(15-17)26-9-3-8-20(26)28/h2,4-7,14-15,21H,3,8-13H2,1H3,(H,23,29). The number of hydrogen-bond donors (Lipinski definition) is 1. The lowest BCUT2D eigenvalue weighted by molar-refractivity contribution is -0.131. The van der Waals surface area contributed by atoms with Crippen LogP contribution in [-0.4, -0.2) is 60.2 Å². The van der Waals surface area contributed by atoms with E-state index >= 15 is 0 Å². The Bertz CT molecular complexity index is 922. The molecule has 0 radical (unpaired) electrons. The van der Waals surface area contributed by atoms with Crippen LogP contribution >= 0.6 is 11.3 Å². The molecular weight excluding hydrogens is 400 g/mol. The molecule has 3 heterocycles. The molecule has 1 aromatic heterocycles. The second-order valence-corrected chi connectivity index (χ2v) is 8.63. The zero-order valence-electron chi connectivity index (χ0n) is 17.0. The Morgan fingerprint density at radius 3 is 2.50 bits per heavy atom. The molecular formula is C22H26N4O3S. The van der Waals surface area contributed by atoms with Crippen LogP contribution in [-0.2, 0) is 14.4 Å². The molecule has 0 saturated carbocycles. The van der Waals surface area contributed by atoms with E-state index in [2.05, 4.69) is 10.2 Å². The minimum absolute atomic E-state index is 0.0695. The van der Waals surface area contributed by atoms with Gasteiger partial charge in [-0.15, -0.1) is 11.3 Å². The number of anilines is 2. The smallest absolute Gasteiger partial charge is 0.247 e. The van der Waals surface area contributed by atoms with Gasteiger partial charge in [0.25, 0.3) is 0 Å². The fourth-order valence-corrected chi connectivity index (χ4v) is 4.96. The topological polar surface area (TPSA) is 73.0 Å². The van der Waals surface area contributed by atoms with Crippen molar-refractivity contribution in [1.29, 1.82) is 0 Å². The van der Waals surface area contributed by atoms with Gasteiger partial charge in [0.1, 0.15) is 6.04 Å². The van der Waals surface area contributed by atoms with Crippen molar-refractivity contribution >= 4 is 40.4 Å². The molecule has 30 heavy (non-hydrogen) atoms. The van der Waals surface area contributed by atoms with Crippen LogP contribution in [0.5, 0.6) is 0 Å². The number of hydrogen-bond acceptors (Lipinski definition) is 5. The van der Waals surface area contributed by atoms with Crippen LogP contribution in [0.3, 0.4) is 0 Å². The first-order valence-electron chi connectivity index (χ1n) is 10.3. The van der Waals surface area contributed by atoms with E-state index in [0.717, 1.165) is 17.0 Å². The molecule has 8 heteroatoms. The molecule has 1 atom stereocenters. The summed E-state index contributed by atoms with van der Waals surface area (Å²) in [5.41, 5.74) is 1.50. The van der Waals surface area contributed by atoms with Gasteiger partial charge in [-0.1, -0.05) is 12.1 Å². The highest BCUT2D eigenvalue weighted by Gasteiger charge is 2.32. The average Bonchev–Trinajstić information content (AvgIpc) is 3.41. The highest BCUT2D eigenvalue weighted by molar-refractivity contribution is 7.10. The number of carbonyl (C=O) groups excluding carboxylic acids is 3. The van der Waals surface area contributed by atoms with Crippen molar-refractivity contribution in [1.82, 2.24) is 9.80 Å². The molecule has 3 amide bonds. The van der Waals surface area contributed by atoms with Crippen molar-refractivity contribution < 1.29 is 14.4 Å². The molecule has 1 aromatic carbocycles. The number of piperazine rings is 1. The number of thiophene rings is 1. The van der Waals surface area contributed by atoms with Crippen molar-refractivity contribution in [3.63, 3.8) is 0 Å². The lowest BCUT2D eigenvalue weighted by Crippen LogP contribution is -2.51. The van der Waals surface area contributed by atoms with E-state index in [0.29, 0.717) is 44.8 Å². The summed E-state index contributed by atoms with van der Waals surface area (Å²) in [5.74, 6) is 0.0944. The van der Waals surface area contributed by atoms with Crippen molar-refractivity contribution in [2.75, 3.05) is 42.9 Å². The van der Waals surface area contributed by atoms with E-state index in [1.165, 1.54) is 0 Å². The maximum atomic E-state index is 13.3. The van der Waals surface area contributed by atoms with Gasteiger partial charge in [-0.3, -0.25) is 19.3 Å². The van der Waals surface area contributed by atoms with Crippen molar-refractivity contribution in [3.8, 4) is 0 Å². The van der Waals surface area contributed by atoms with Gasteiger partial charge in [-0.25, -0.2) is 0 Å². The molecule has 4 rings (SSSR count). The predicted octanol–water partition coefficient (Wildman–Crippen LogP) is 2.72. The molecule has 1 unspecified atom stereocenters. The van der Waals surface area contributed by atoms with Crippen LogP contribution in [0.25, 0.3) is 0 Å². The minimum atomic E-state index is -0.406. The Balaban J connectivity index is 1.50. The quantitative estimate of drug-likeness (QED) is 0.798. The van der Waals surface area contributed by atoms with Crippen LogP contribution in [0.15, 0.2) is 41.8 Å². The molecule has 2 aliphatic heterocycles. The van der Waals surface area contributed by atoms with Gasteiger partial charge in [0, 0.05) is 62.3 Å².